The van der Waals surface area contributed by atoms with E-state index in [4.69, 9.17) is 0 Å². The van der Waals surface area contributed by atoms with Crippen molar-refractivity contribution in [2.75, 3.05) is 13.1 Å². The Labute approximate surface area is 111 Å². The molecule has 1 aromatic carbocycles. The van der Waals surface area contributed by atoms with Crippen LogP contribution in [0.5, 0.6) is 0 Å². The monoisotopic (exact) mass is 246 g/mol. The summed E-state index contributed by atoms with van der Waals surface area (Å²) in [6.45, 7) is 10.3. The summed E-state index contributed by atoms with van der Waals surface area (Å²) in [5.74, 6) is 0. The van der Waals surface area contributed by atoms with Gasteiger partial charge in [-0.15, -0.1) is 0 Å². The molecular formula is C16H26N2. The van der Waals surface area contributed by atoms with Crippen LogP contribution in [0.4, 0.5) is 0 Å². The number of aryl methyl sites for hydroxylation is 1. The van der Waals surface area contributed by atoms with Crippen LogP contribution in [0.3, 0.4) is 0 Å². The van der Waals surface area contributed by atoms with Crippen LogP contribution in [0.2, 0.25) is 0 Å². The van der Waals surface area contributed by atoms with E-state index >= 15 is 0 Å². The quantitative estimate of drug-likeness (QED) is 0.882. The van der Waals surface area contributed by atoms with Gasteiger partial charge in [0.05, 0.1) is 0 Å². The number of benzene rings is 1. The molecule has 1 heterocycles. The minimum Gasteiger partial charge on any atom is -0.313 e. The third-order valence-electron chi connectivity index (χ3n) is 4.20. The lowest BCUT2D eigenvalue weighted by molar-refractivity contribution is 0.194. The van der Waals surface area contributed by atoms with E-state index in [1.165, 1.54) is 30.5 Å². The van der Waals surface area contributed by atoms with E-state index in [0.29, 0.717) is 12.1 Å². The van der Waals surface area contributed by atoms with Crippen molar-refractivity contribution in [1.29, 1.82) is 0 Å². The molecule has 1 aromatic rings. The largest absolute Gasteiger partial charge is 0.313 e. The van der Waals surface area contributed by atoms with Crippen LogP contribution >= 0.6 is 0 Å². The zero-order valence-corrected chi connectivity index (χ0v) is 11.9. The van der Waals surface area contributed by atoms with E-state index in [9.17, 15) is 0 Å². The van der Waals surface area contributed by atoms with Gasteiger partial charge in [-0.05, 0) is 44.4 Å². The fourth-order valence-electron chi connectivity index (χ4n) is 2.71. The lowest BCUT2D eigenvalue weighted by atomic mass is 10.1. The van der Waals surface area contributed by atoms with Crippen LogP contribution in [0.1, 0.15) is 37.8 Å². The third kappa shape index (κ3) is 3.33. The molecule has 2 rings (SSSR count). The summed E-state index contributed by atoms with van der Waals surface area (Å²) >= 11 is 0. The van der Waals surface area contributed by atoms with E-state index < -0.39 is 0 Å². The van der Waals surface area contributed by atoms with Crippen LogP contribution in [0.15, 0.2) is 24.3 Å². The highest BCUT2D eigenvalue weighted by Gasteiger charge is 2.22. The number of rotatable bonds is 3. The average Bonchev–Trinajstić information content (AvgIpc) is 2.55. The molecule has 0 saturated carbocycles. The molecule has 2 unspecified atom stereocenters. The maximum absolute atomic E-state index is 3.65. The van der Waals surface area contributed by atoms with Gasteiger partial charge in [0.2, 0.25) is 0 Å². The van der Waals surface area contributed by atoms with Gasteiger partial charge >= 0.3 is 0 Å². The molecular weight excluding hydrogens is 220 g/mol. The zero-order chi connectivity index (χ0) is 13.0. The first-order chi connectivity index (χ1) is 8.70. The van der Waals surface area contributed by atoms with E-state index in [-0.39, 0.29) is 0 Å². The van der Waals surface area contributed by atoms with Gasteiger partial charge in [0.1, 0.15) is 0 Å². The van der Waals surface area contributed by atoms with Gasteiger partial charge in [-0.2, -0.15) is 0 Å². The Bertz CT molecular complexity index is 375. The molecule has 1 N–H and O–H groups in total. The summed E-state index contributed by atoms with van der Waals surface area (Å²) in [5, 5.41) is 3.65. The van der Waals surface area contributed by atoms with Crippen molar-refractivity contribution in [2.45, 2.75) is 52.2 Å². The van der Waals surface area contributed by atoms with Crippen molar-refractivity contribution < 1.29 is 0 Å². The Kier molecular flexibility index (Phi) is 4.79. The Morgan fingerprint density at radius 1 is 1.33 bits per heavy atom. The zero-order valence-electron chi connectivity index (χ0n) is 11.9. The molecule has 0 spiro atoms. The van der Waals surface area contributed by atoms with Crippen molar-refractivity contribution in [3.05, 3.63) is 35.4 Å². The maximum Gasteiger partial charge on any atom is 0.0239 e. The summed E-state index contributed by atoms with van der Waals surface area (Å²) in [6.07, 6.45) is 2.47. The fourth-order valence-corrected chi connectivity index (χ4v) is 2.71. The summed E-state index contributed by atoms with van der Waals surface area (Å²) < 4.78 is 0. The molecule has 1 saturated heterocycles. The van der Waals surface area contributed by atoms with E-state index in [2.05, 4.69) is 55.3 Å². The van der Waals surface area contributed by atoms with Gasteiger partial charge in [-0.25, -0.2) is 0 Å². The fraction of sp³-hybridized carbons (Fsp3) is 0.625. The van der Waals surface area contributed by atoms with Crippen molar-refractivity contribution in [3.63, 3.8) is 0 Å². The van der Waals surface area contributed by atoms with E-state index in [1.807, 2.05) is 0 Å². The highest BCUT2D eigenvalue weighted by molar-refractivity contribution is 5.25. The van der Waals surface area contributed by atoms with Gasteiger partial charge in [0, 0.05) is 25.2 Å². The Hall–Kier alpha value is -0.860. The molecule has 0 radical (unpaired) electrons. The molecule has 2 atom stereocenters. The Morgan fingerprint density at radius 3 is 2.83 bits per heavy atom. The molecule has 0 aromatic heterocycles. The summed E-state index contributed by atoms with van der Waals surface area (Å²) in [7, 11) is 0. The topological polar surface area (TPSA) is 15.3 Å². The minimum absolute atomic E-state index is 0.652. The molecule has 18 heavy (non-hydrogen) atoms. The van der Waals surface area contributed by atoms with Gasteiger partial charge in [0.15, 0.2) is 0 Å². The van der Waals surface area contributed by atoms with Crippen LogP contribution in [-0.4, -0.2) is 30.1 Å². The van der Waals surface area contributed by atoms with E-state index in [0.717, 1.165) is 13.1 Å². The Morgan fingerprint density at radius 2 is 2.11 bits per heavy atom. The van der Waals surface area contributed by atoms with Crippen molar-refractivity contribution in [1.82, 2.24) is 10.2 Å². The SMILES string of the molecule is CCC1CN(Cc2ccccc2C)C(C)CCN1. The summed E-state index contributed by atoms with van der Waals surface area (Å²) in [5.41, 5.74) is 2.89. The first kappa shape index (κ1) is 13.6. The van der Waals surface area contributed by atoms with Gasteiger partial charge in [-0.3, -0.25) is 4.90 Å². The standard InChI is InChI=1S/C16H26N2/c1-4-16-12-18(14(3)9-10-17-16)11-15-8-6-5-7-13(15)2/h5-8,14,16-17H,4,9-12H2,1-3H3. The van der Waals surface area contributed by atoms with Crippen LogP contribution in [-0.2, 0) is 6.54 Å². The summed E-state index contributed by atoms with van der Waals surface area (Å²) in [4.78, 5) is 2.64. The molecule has 1 fully saturated rings. The van der Waals surface area contributed by atoms with Gasteiger partial charge < -0.3 is 5.32 Å². The molecule has 0 bridgehead atoms. The maximum atomic E-state index is 3.65. The number of hydrogen-bond donors (Lipinski definition) is 1. The predicted molar refractivity (Wildman–Crippen MR) is 77.7 cm³/mol. The molecule has 1 aliphatic heterocycles. The molecule has 2 heteroatoms. The molecule has 0 aliphatic carbocycles. The van der Waals surface area contributed by atoms with Crippen molar-refractivity contribution >= 4 is 0 Å². The molecule has 2 nitrogen and oxygen atoms in total. The second-order valence-electron chi connectivity index (χ2n) is 5.55. The number of nitrogens with zero attached hydrogens (tertiary/aromatic N) is 1. The molecule has 0 amide bonds. The van der Waals surface area contributed by atoms with Gasteiger partial charge in [-0.1, -0.05) is 31.2 Å². The summed E-state index contributed by atoms with van der Waals surface area (Å²) in [6, 6.07) is 10.1. The molecule has 1 aliphatic rings. The lowest BCUT2D eigenvalue weighted by Gasteiger charge is -2.29. The van der Waals surface area contributed by atoms with Crippen LogP contribution < -0.4 is 5.32 Å². The first-order valence-corrected chi connectivity index (χ1v) is 7.22. The average molecular weight is 246 g/mol. The Balaban J connectivity index is 2.08. The van der Waals surface area contributed by atoms with Crippen LogP contribution in [0, 0.1) is 6.92 Å². The predicted octanol–water partition coefficient (Wildman–Crippen LogP) is 2.96. The molecule has 100 valence electrons. The van der Waals surface area contributed by atoms with Crippen molar-refractivity contribution in [2.24, 2.45) is 0 Å². The number of nitrogens with one attached hydrogen (secondary N) is 1. The third-order valence-corrected chi connectivity index (χ3v) is 4.20. The normalized spacial score (nSPS) is 25.9. The second kappa shape index (κ2) is 6.35. The highest BCUT2D eigenvalue weighted by Crippen LogP contribution is 2.17. The first-order valence-electron chi connectivity index (χ1n) is 7.22. The number of hydrogen-bond acceptors (Lipinski definition) is 2. The van der Waals surface area contributed by atoms with Crippen LogP contribution in [0.25, 0.3) is 0 Å². The van der Waals surface area contributed by atoms with Gasteiger partial charge in [0.25, 0.3) is 0 Å². The van der Waals surface area contributed by atoms with E-state index in [1.54, 1.807) is 0 Å². The second-order valence-corrected chi connectivity index (χ2v) is 5.55. The van der Waals surface area contributed by atoms with Crippen molar-refractivity contribution in [3.8, 4) is 0 Å². The minimum atomic E-state index is 0.652. The lowest BCUT2D eigenvalue weighted by Crippen LogP contribution is -2.39. The smallest absolute Gasteiger partial charge is 0.0239 e. The highest BCUT2D eigenvalue weighted by atomic mass is 15.2.